The summed E-state index contributed by atoms with van der Waals surface area (Å²) in [6, 6.07) is 0.179. The fourth-order valence-corrected chi connectivity index (χ4v) is 3.20. The van der Waals surface area contributed by atoms with E-state index in [4.69, 9.17) is 0 Å². The Balaban J connectivity index is 2.82. The molecular weight excluding hydrogens is 236 g/mol. The van der Waals surface area contributed by atoms with E-state index in [-0.39, 0.29) is 24.7 Å². The van der Waals surface area contributed by atoms with E-state index in [1.165, 1.54) is 0 Å². The average molecular weight is 263 g/mol. The molecule has 0 bridgehead atoms. The molecule has 1 rings (SSSR count). The molecule has 0 radical (unpaired) electrons. The molecule has 0 aliphatic heterocycles. The van der Waals surface area contributed by atoms with Crippen LogP contribution in [0.1, 0.15) is 47.0 Å². The van der Waals surface area contributed by atoms with Crippen molar-refractivity contribution in [3.05, 3.63) is 0 Å². The summed E-state index contributed by atoms with van der Waals surface area (Å²) >= 11 is 0. The number of hydrogen-bond donors (Lipinski definition) is 1. The molecule has 0 heterocycles. The number of alkyl halides is 2. The summed E-state index contributed by atoms with van der Waals surface area (Å²) in [5.41, 5.74) is 0. The van der Waals surface area contributed by atoms with Gasteiger partial charge in [0, 0.05) is 12.1 Å². The van der Waals surface area contributed by atoms with Crippen molar-refractivity contribution in [2.45, 2.75) is 71.6 Å². The molecule has 0 amide bonds. The van der Waals surface area contributed by atoms with Crippen molar-refractivity contribution in [2.75, 3.05) is 6.54 Å². The van der Waals surface area contributed by atoms with Gasteiger partial charge in [-0.3, -0.25) is 4.90 Å². The summed E-state index contributed by atoms with van der Waals surface area (Å²) in [7, 11) is 0. The minimum atomic E-state index is -2.31. The number of aliphatic hydroxyl groups is 1. The van der Waals surface area contributed by atoms with E-state index in [2.05, 4.69) is 13.8 Å². The number of hydrogen-bond acceptors (Lipinski definition) is 2. The van der Waals surface area contributed by atoms with Gasteiger partial charge in [0.25, 0.3) is 6.43 Å². The summed E-state index contributed by atoms with van der Waals surface area (Å²) in [5.74, 6) is 0.885. The Morgan fingerprint density at radius 3 is 2.22 bits per heavy atom. The van der Waals surface area contributed by atoms with Crippen LogP contribution >= 0.6 is 0 Å². The molecule has 0 saturated heterocycles. The van der Waals surface area contributed by atoms with Crippen LogP contribution in [0.25, 0.3) is 0 Å². The SMILES string of the molecule is CC(C)C1CCC(O)CC1N(CC(F)F)C(C)C. The first-order valence-corrected chi connectivity index (χ1v) is 7.04. The maximum Gasteiger partial charge on any atom is 0.251 e. The van der Waals surface area contributed by atoms with Gasteiger partial charge >= 0.3 is 0 Å². The Kier molecular flexibility index (Phi) is 5.99. The van der Waals surface area contributed by atoms with Gasteiger partial charge in [0.1, 0.15) is 0 Å². The molecule has 4 heteroatoms. The molecule has 18 heavy (non-hydrogen) atoms. The zero-order valence-electron chi connectivity index (χ0n) is 11.9. The third-order valence-electron chi connectivity index (χ3n) is 4.14. The fraction of sp³-hybridized carbons (Fsp3) is 1.00. The molecule has 108 valence electrons. The van der Waals surface area contributed by atoms with Gasteiger partial charge < -0.3 is 5.11 Å². The van der Waals surface area contributed by atoms with Crippen molar-refractivity contribution in [3.63, 3.8) is 0 Å². The maximum atomic E-state index is 12.7. The lowest BCUT2D eigenvalue weighted by Gasteiger charge is -2.45. The van der Waals surface area contributed by atoms with Crippen LogP contribution in [-0.4, -0.2) is 41.2 Å². The van der Waals surface area contributed by atoms with Gasteiger partial charge in [0.2, 0.25) is 0 Å². The number of halogens is 2. The fourth-order valence-electron chi connectivity index (χ4n) is 3.20. The molecule has 2 nitrogen and oxygen atoms in total. The zero-order valence-corrected chi connectivity index (χ0v) is 11.9. The summed E-state index contributed by atoms with van der Waals surface area (Å²) in [6.07, 6.45) is -0.257. The highest BCUT2D eigenvalue weighted by atomic mass is 19.3. The molecule has 3 unspecified atom stereocenters. The Morgan fingerprint density at radius 1 is 1.17 bits per heavy atom. The van der Waals surface area contributed by atoms with Crippen molar-refractivity contribution >= 4 is 0 Å². The van der Waals surface area contributed by atoms with Crippen LogP contribution in [0.5, 0.6) is 0 Å². The standard InChI is InChI=1S/C14H27F2NO/c1-9(2)12-6-5-11(18)7-13(12)17(10(3)4)8-14(15)16/h9-14,18H,5-8H2,1-4H3. The summed E-state index contributed by atoms with van der Waals surface area (Å²) < 4.78 is 25.4. The van der Waals surface area contributed by atoms with Crippen molar-refractivity contribution in [3.8, 4) is 0 Å². The molecule has 0 aromatic carbocycles. The predicted octanol–water partition coefficient (Wildman–Crippen LogP) is 3.15. The van der Waals surface area contributed by atoms with Gasteiger partial charge in [-0.05, 0) is 44.9 Å². The van der Waals surface area contributed by atoms with Crippen LogP contribution in [-0.2, 0) is 0 Å². The van der Waals surface area contributed by atoms with E-state index in [0.717, 1.165) is 12.8 Å². The van der Waals surface area contributed by atoms with E-state index in [9.17, 15) is 13.9 Å². The molecule has 0 spiro atoms. The van der Waals surface area contributed by atoms with Gasteiger partial charge in [0.05, 0.1) is 12.6 Å². The topological polar surface area (TPSA) is 23.5 Å². The molecule has 0 aromatic rings. The molecular formula is C14H27F2NO. The normalized spacial score (nSPS) is 29.8. The minimum absolute atomic E-state index is 0.0859. The first-order chi connectivity index (χ1) is 8.32. The molecule has 3 atom stereocenters. The highest BCUT2D eigenvalue weighted by molar-refractivity contribution is 4.89. The second-order valence-electron chi connectivity index (χ2n) is 6.12. The molecule has 1 saturated carbocycles. The van der Waals surface area contributed by atoms with Crippen molar-refractivity contribution < 1.29 is 13.9 Å². The third-order valence-corrected chi connectivity index (χ3v) is 4.14. The predicted molar refractivity (Wildman–Crippen MR) is 69.8 cm³/mol. The van der Waals surface area contributed by atoms with E-state index < -0.39 is 6.43 Å². The van der Waals surface area contributed by atoms with Crippen LogP contribution in [0.4, 0.5) is 8.78 Å². The summed E-state index contributed by atoms with van der Waals surface area (Å²) in [4.78, 5) is 1.89. The number of aliphatic hydroxyl groups excluding tert-OH is 1. The van der Waals surface area contributed by atoms with Crippen molar-refractivity contribution in [1.29, 1.82) is 0 Å². The van der Waals surface area contributed by atoms with Crippen LogP contribution in [0.2, 0.25) is 0 Å². The van der Waals surface area contributed by atoms with Gasteiger partial charge in [0.15, 0.2) is 0 Å². The molecule has 1 N–H and O–H groups in total. The van der Waals surface area contributed by atoms with Crippen LogP contribution in [0.3, 0.4) is 0 Å². The Morgan fingerprint density at radius 2 is 1.78 bits per heavy atom. The van der Waals surface area contributed by atoms with Gasteiger partial charge in [-0.15, -0.1) is 0 Å². The average Bonchev–Trinajstić information content (AvgIpc) is 2.24. The van der Waals surface area contributed by atoms with Gasteiger partial charge in [-0.1, -0.05) is 13.8 Å². The molecule has 1 aliphatic rings. The lowest BCUT2D eigenvalue weighted by molar-refractivity contribution is -0.0277. The van der Waals surface area contributed by atoms with E-state index >= 15 is 0 Å². The quantitative estimate of drug-likeness (QED) is 0.823. The zero-order chi connectivity index (χ0) is 13.9. The van der Waals surface area contributed by atoms with Crippen molar-refractivity contribution in [1.82, 2.24) is 4.90 Å². The second kappa shape index (κ2) is 6.80. The first kappa shape index (κ1) is 15.8. The number of rotatable bonds is 5. The highest BCUT2D eigenvalue weighted by Crippen LogP contribution is 2.34. The molecule has 1 fully saturated rings. The van der Waals surface area contributed by atoms with Crippen LogP contribution in [0, 0.1) is 11.8 Å². The Bertz CT molecular complexity index is 246. The summed E-state index contributed by atoms with van der Waals surface area (Å²) in [5, 5.41) is 9.83. The highest BCUT2D eigenvalue weighted by Gasteiger charge is 2.37. The largest absolute Gasteiger partial charge is 0.393 e. The number of nitrogens with zero attached hydrogens (tertiary/aromatic N) is 1. The Labute approximate surface area is 109 Å². The monoisotopic (exact) mass is 263 g/mol. The van der Waals surface area contributed by atoms with Crippen molar-refractivity contribution in [2.24, 2.45) is 11.8 Å². The molecule has 1 aliphatic carbocycles. The lowest BCUT2D eigenvalue weighted by Crippen LogP contribution is -2.51. The lowest BCUT2D eigenvalue weighted by atomic mass is 9.75. The maximum absolute atomic E-state index is 12.7. The third kappa shape index (κ3) is 4.16. The summed E-state index contributed by atoms with van der Waals surface area (Å²) in [6.45, 7) is 8.03. The second-order valence-corrected chi connectivity index (χ2v) is 6.12. The van der Waals surface area contributed by atoms with E-state index in [1.54, 1.807) is 0 Å². The van der Waals surface area contributed by atoms with E-state index in [0.29, 0.717) is 18.3 Å². The smallest absolute Gasteiger partial charge is 0.251 e. The van der Waals surface area contributed by atoms with Crippen LogP contribution < -0.4 is 0 Å². The van der Waals surface area contributed by atoms with Crippen LogP contribution in [0.15, 0.2) is 0 Å². The van der Waals surface area contributed by atoms with Gasteiger partial charge in [-0.25, -0.2) is 8.78 Å². The molecule has 0 aromatic heterocycles. The van der Waals surface area contributed by atoms with Gasteiger partial charge in [-0.2, -0.15) is 0 Å². The Hall–Kier alpha value is -0.220. The minimum Gasteiger partial charge on any atom is -0.393 e. The van der Waals surface area contributed by atoms with E-state index in [1.807, 2.05) is 18.7 Å². The first-order valence-electron chi connectivity index (χ1n) is 7.04.